The molecule has 1 aromatic carbocycles. The molecule has 1 heterocycles. The van der Waals surface area contributed by atoms with E-state index in [4.69, 9.17) is 15.8 Å². The number of thiophene rings is 1. The molecular formula is C8H8BNO2S2. The Morgan fingerprint density at radius 2 is 2.07 bits per heavy atom. The first kappa shape index (κ1) is 9.85. The van der Waals surface area contributed by atoms with Gasteiger partial charge in [0.2, 0.25) is 0 Å². The van der Waals surface area contributed by atoms with Gasteiger partial charge in [-0.3, -0.25) is 0 Å². The number of fused-ring (bicyclic) bond motifs is 1. The summed E-state index contributed by atoms with van der Waals surface area (Å²) < 4.78 is 1.48. The lowest BCUT2D eigenvalue weighted by Crippen LogP contribution is -2.29. The third-order valence-electron chi connectivity index (χ3n) is 2.04. The summed E-state index contributed by atoms with van der Waals surface area (Å²) in [6, 6.07) is 5.25. The zero-order valence-corrected chi connectivity index (χ0v) is 8.85. The van der Waals surface area contributed by atoms with Crippen LogP contribution in [0.4, 0.5) is 5.69 Å². The highest BCUT2D eigenvalue weighted by Crippen LogP contribution is 2.34. The van der Waals surface area contributed by atoms with Crippen LogP contribution in [0.1, 0.15) is 0 Å². The standard InChI is InChI=1S/C8H8BNO2S2/c10-6-4-2-1-3-5(9(11)12)7(4)14-8(6)13/h1-3,11-13H,10H2. The van der Waals surface area contributed by atoms with Crippen molar-refractivity contribution in [2.75, 3.05) is 5.73 Å². The van der Waals surface area contributed by atoms with Gasteiger partial charge < -0.3 is 15.8 Å². The lowest BCUT2D eigenvalue weighted by atomic mass is 9.80. The molecule has 0 radical (unpaired) electrons. The van der Waals surface area contributed by atoms with Crippen LogP contribution in [-0.2, 0) is 0 Å². The van der Waals surface area contributed by atoms with Crippen LogP contribution in [0.2, 0.25) is 0 Å². The molecule has 1 aromatic heterocycles. The molecule has 3 nitrogen and oxygen atoms in total. The van der Waals surface area contributed by atoms with Gasteiger partial charge in [-0.15, -0.1) is 24.0 Å². The van der Waals surface area contributed by atoms with Crippen LogP contribution in [0.15, 0.2) is 22.4 Å². The molecule has 0 unspecified atom stereocenters. The molecule has 2 aromatic rings. The molecule has 0 atom stereocenters. The summed E-state index contributed by atoms with van der Waals surface area (Å²) in [5.41, 5.74) is 6.84. The SMILES string of the molecule is Nc1c(S)sc2c(B(O)O)cccc12. The van der Waals surface area contributed by atoms with Gasteiger partial charge in [-0.05, 0) is 5.46 Å². The van der Waals surface area contributed by atoms with Crippen molar-refractivity contribution in [2.45, 2.75) is 4.21 Å². The Labute approximate surface area is 90.7 Å². The van der Waals surface area contributed by atoms with Crippen molar-refractivity contribution in [1.29, 1.82) is 0 Å². The van der Waals surface area contributed by atoms with Gasteiger partial charge in [-0.2, -0.15) is 0 Å². The fraction of sp³-hybridized carbons (Fsp3) is 0. The Balaban J connectivity index is 2.81. The summed E-state index contributed by atoms with van der Waals surface area (Å²) in [6.45, 7) is 0. The van der Waals surface area contributed by atoms with E-state index in [9.17, 15) is 0 Å². The Kier molecular flexibility index (Phi) is 2.44. The quantitative estimate of drug-likeness (QED) is 0.421. The van der Waals surface area contributed by atoms with E-state index in [-0.39, 0.29) is 0 Å². The normalized spacial score (nSPS) is 10.8. The van der Waals surface area contributed by atoms with Crippen molar-refractivity contribution in [2.24, 2.45) is 0 Å². The average molecular weight is 225 g/mol. The first-order valence-electron chi connectivity index (χ1n) is 3.97. The third kappa shape index (κ3) is 1.40. The summed E-state index contributed by atoms with van der Waals surface area (Å²) in [7, 11) is -1.47. The summed E-state index contributed by atoms with van der Waals surface area (Å²) in [5.74, 6) is 0. The van der Waals surface area contributed by atoms with Gasteiger partial charge in [0.15, 0.2) is 0 Å². The zero-order chi connectivity index (χ0) is 10.3. The van der Waals surface area contributed by atoms with Crippen LogP contribution in [0, 0.1) is 0 Å². The molecule has 6 heteroatoms. The third-order valence-corrected chi connectivity index (χ3v) is 3.63. The highest BCUT2D eigenvalue weighted by Gasteiger charge is 2.17. The molecular weight excluding hydrogens is 217 g/mol. The largest absolute Gasteiger partial charge is 0.489 e. The molecule has 0 spiro atoms. The number of nitrogens with two attached hydrogens (primary N) is 1. The fourth-order valence-electron chi connectivity index (χ4n) is 1.35. The summed E-state index contributed by atoms with van der Waals surface area (Å²) in [4.78, 5) is 0. The van der Waals surface area contributed by atoms with Crippen LogP contribution in [0.5, 0.6) is 0 Å². The maximum Gasteiger partial charge on any atom is 0.489 e. The molecule has 0 amide bonds. The van der Waals surface area contributed by atoms with Crippen molar-refractivity contribution in [3.05, 3.63) is 18.2 Å². The zero-order valence-electron chi connectivity index (χ0n) is 7.14. The maximum atomic E-state index is 9.12. The first-order chi connectivity index (χ1) is 6.61. The van der Waals surface area contributed by atoms with E-state index in [0.29, 0.717) is 15.4 Å². The lowest BCUT2D eigenvalue weighted by Gasteiger charge is -2.00. The first-order valence-corrected chi connectivity index (χ1v) is 5.23. The Bertz CT molecular complexity index is 483. The molecule has 0 aliphatic heterocycles. The van der Waals surface area contributed by atoms with Crippen molar-refractivity contribution in [3.8, 4) is 0 Å². The van der Waals surface area contributed by atoms with Crippen molar-refractivity contribution < 1.29 is 10.0 Å². The molecule has 2 rings (SSSR count). The Morgan fingerprint density at radius 3 is 2.71 bits per heavy atom. The Hall–Kier alpha value is -0.685. The smallest absolute Gasteiger partial charge is 0.423 e. The second kappa shape index (κ2) is 3.47. The van der Waals surface area contributed by atoms with Gasteiger partial charge in [0.1, 0.15) is 0 Å². The molecule has 0 bridgehead atoms. The second-order valence-corrected chi connectivity index (χ2v) is 4.69. The van der Waals surface area contributed by atoms with Crippen LogP contribution < -0.4 is 11.2 Å². The molecule has 14 heavy (non-hydrogen) atoms. The van der Waals surface area contributed by atoms with E-state index >= 15 is 0 Å². The number of thiol groups is 1. The maximum absolute atomic E-state index is 9.12. The number of hydrogen-bond donors (Lipinski definition) is 4. The van der Waals surface area contributed by atoms with Gasteiger partial charge in [-0.25, -0.2) is 0 Å². The minimum atomic E-state index is -1.47. The number of anilines is 1. The summed E-state index contributed by atoms with van der Waals surface area (Å²) in [5, 5.41) is 19.1. The van der Waals surface area contributed by atoms with Crippen molar-refractivity contribution >= 4 is 52.3 Å². The van der Waals surface area contributed by atoms with Crippen LogP contribution in [0.25, 0.3) is 10.1 Å². The minimum absolute atomic E-state index is 0.472. The number of nitrogen functional groups attached to an aromatic ring is 1. The molecule has 0 aliphatic rings. The lowest BCUT2D eigenvalue weighted by molar-refractivity contribution is 0.426. The van der Waals surface area contributed by atoms with Gasteiger partial charge in [0, 0.05) is 10.1 Å². The predicted molar refractivity (Wildman–Crippen MR) is 63.3 cm³/mol. The predicted octanol–water partition coefficient (Wildman–Crippen LogP) is 0.452. The van der Waals surface area contributed by atoms with Crippen LogP contribution in [0.3, 0.4) is 0 Å². The van der Waals surface area contributed by atoms with Crippen LogP contribution in [-0.4, -0.2) is 17.2 Å². The van der Waals surface area contributed by atoms with Gasteiger partial charge in [0.05, 0.1) is 9.90 Å². The fourth-order valence-corrected chi connectivity index (χ4v) is 2.74. The molecule has 0 saturated heterocycles. The number of rotatable bonds is 1. The van der Waals surface area contributed by atoms with Crippen molar-refractivity contribution in [3.63, 3.8) is 0 Å². The molecule has 0 aliphatic carbocycles. The molecule has 72 valence electrons. The molecule has 4 N–H and O–H groups in total. The van der Waals surface area contributed by atoms with E-state index in [1.165, 1.54) is 11.3 Å². The molecule has 0 fully saturated rings. The highest BCUT2D eigenvalue weighted by molar-refractivity contribution is 7.83. The van der Waals surface area contributed by atoms with E-state index in [1.807, 2.05) is 6.07 Å². The second-order valence-electron chi connectivity index (χ2n) is 2.92. The highest BCUT2D eigenvalue weighted by atomic mass is 32.2. The summed E-state index contributed by atoms with van der Waals surface area (Å²) in [6.07, 6.45) is 0. The van der Waals surface area contributed by atoms with Gasteiger partial charge >= 0.3 is 7.12 Å². The van der Waals surface area contributed by atoms with Gasteiger partial charge in [0.25, 0.3) is 0 Å². The van der Waals surface area contributed by atoms with E-state index in [1.54, 1.807) is 12.1 Å². The minimum Gasteiger partial charge on any atom is -0.423 e. The van der Waals surface area contributed by atoms with E-state index in [0.717, 1.165) is 10.1 Å². The van der Waals surface area contributed by atoms with Crippen LogP contribution >= 0.6 is 24.0 Å². The Morgan fingerprint density at radius 1 is 1.36 bits per heavy atom. The monoisotopic (exact) mass is 225 g/mol. The van der Waals surface area contributed by atoms with E-state index in [2.05, 4.69) is 12.6 Å². The topological polar surface area (TPSA) is 66.5 Å². The number of hydrogen-bond acceptors (Lipinski definition) is 5. The summed E-state index contributed by atoms with van der Waals surface area (Å²) >= 11 is 5.56. The van der Waals surface area contributed by atoms with Gasteiger partial charge in [-0.1, -0.05) is 18.2 Å². The molecule has 0 saturated carbocycles. The average Bonchev–Trinajstić information content (AvgIpc) is 2.43. The van der Waals surface area contributed by atoms with Crippen molar-refractivity contribution in [1.82, 2.24) is 0 Å². The number of benzene rings is 1. The van der Waals surface area contributed by atoms with E-state index < -0.39 is 7.12 Å².